The zero-order chi connectivity index (χ0) is 13.8. The van der Waals surface area contributed by atoms with E-state index in [1.807, 2.05) is 20.8 Å². The van der Waals surface area contributed by atoms with E-state index in [0.717, 1.165) is 5.56 Å². The predicted molar refractivity (Wildman–Crippen MR) is 77.8 cm³/mol. The summed E-state index contributed by atoms with van der Waals surface area (Å²) in [6.07, 6.45) is 0.670. The van der Waals surface area contributed by atoms with Gasteiger partial charge in [-0.3, -0.25) is 4.79 Å². The minimum atomic E-state index is -0.522. The van der Waals surface area contributed by atoms with E-state index < -0.39 is 6.04 Å². The molecule has 0 spiro atoms. The van der Waals surface area contributed by atoms with Gasteiger partial charge in [-0.05, 0) is 29.5 Å². The Morgan fingerprint density at radius 2 is 1.84 bits per heavy atom. The van der Waals surface area contributed by atoms with Crippen LogP contribution >= 0.6 is 12.4 Å². The molecule has 0 aromatic heterocycles. The van der Waals surface area contributed by atoms with E-state index in [1.165, 1.54) is 12.1 Å². The summed E-state index contributed by atoms with van der Waals surface area (Å²) >= 11 is 0. The van der Waals surface area contributed by atoms with Gasteiger partial charge in [0, 0.05) is 6.54 Å². The Bertz CT molecular complexity index is 401. The van der Waals surface area contributed by atoms with Gasteiger partial charge < -0.3 is 11.1 Å². The van der Waals surface area contributed by atoms with Crippen molar-refractivity contribution in [3.8, 4) is 0 Å². The topological polar surface area (TPSA) is 55.1 Å². The van der Waals surface area contributed by atoms with Gasteiger partial charge in [-0.2, -0.15) is 0 Å². The van der Waals surface area contributed by atoms with Crippen LogP contribution in [0.5, 0.6) is 0 Å². The van der Waals surface area contributed by atoms with Crippen molar-refractivity contribution < 1.29 is 9.18 Å². The van der Waals surface area contributed by atoms with Gasteiger partial charge in [0.1, 0.15) is 5.82 Å². The van der Waals surface area contributed by atoms with E-state index in [2.05, 4.69) is 5.32 Å². The summed E-state index contributed by atoms with van der Waals surface area (Å²) in [6, 6.07) is 5.73. The fourth-order valence-corrected chi connectivity index (χ4v) is 1.48. The standard InChI is InChI=1S/C14H21FN2O.ClH/c1-14(2,3)12(16)13(18)17-9-8-10-4-6-11(15)7-5-10;/h4-7,12H,8-9,16H2,1-3H3,(H,17,18);1H/t12-;/m1./s1. The summed E-state index contributed by atoms with van der Waals surface area (Å²) in [7, 11) is 0. The highest BCUT2D eigenvalue weighted by molar-refractivity contribution is 5.85. The van der Waals surface area contributed by atoms with Crippen LogP contribution in [0.15, 0.2) is 24.3 Å². The van der Waals surface area contributed by atoms with Crippen molar-refractivity contribution in [1.82, 2.24) is 5.32 Å². The summed E-state index contributed by atoms with van der Waals surface area (Å²) in [5.74, 6) is -0.401. The first-order chi connectivity index (χ1) is 8.30. The van der Waals surface area contributed by atoms with Crippen molar-refractivity contribution in [1.29, 1.82) is 0 Å². The highest BCUT2D eigenvalue weighted by Gasteiger charge is 2.26. The molecular formula is C14H22ClFN2O. The normalized spacial score (nSPS) is 12.5. The summed E-state index contributed by atoms with van der Waals surface area (Å²) in [6.45, 7) is 6.29. The molecule has 5 heteroatoms. The maximum atomic E-state index is 12.7. The first kappa shape index (κ1) is 17.9. The number of nitrogens with one attached hydrogen (secondary N) is 1. The van der Waals surface area contributed by atoms with E-state index in [1.54, 1.807) is 12.1 Å². The van der Waals surface area contributed by atoms with Crippen LogP contribution < -0.4 is 11.1 Å². The molecule has 0 unspecified atom stereocenters. The molecule has 0 fully saturated rings. The van der Waals surface area contributed by atoms with Crippen molar-refractivity contribution in [3.63, 3.8) is 0 Å². The number of hydrogen-bond acceptors (Lipinski definition) is 2. The number of carbonyl (C=O) groups excluding carboxylic acids is 1. The molecule has 0 saturated carbocycles. The molecule has 0 heterocycles. The molecule has 1 aromatic rings. The van der Waals surface area contributed by atoms with Gasteiger partial charge >= 0.3 is 0 Å². The maximum absolute atomic E-state index is 12.7. The van der Waals surface area contributed by atoms with Crippen LogP contribution in [0.4, 0.5) is 4.39 Å². The van der Waals surface area contributed by atoms with Crippen LogP contribution in [-0.4, -0.2) is 18.5 Å². The Hall–Kier alpha value is -1.13. The molecule has 1 atom stereocenters. The van der Waals surface area contributed by atoms with Crippen molar-refractivity contribution in [3.05, 3.63) is 35.6 Å². The largest absolute Gasteiger partial charge is 0.354 e. The Morgan fingerprint density at radius 3 is 2.32 bits per heavy atom. The van der Waals surface area contributed by atoms with Gasteiger partial charge in [0.2, 0.25) is 5.91 Å². The van der Waals surface area contributed by atoms with Crippen LogP contribution in [0.3, 0.4) is 0 Å². The SMILES string of the molecule is CC(C)(C)[C@H](N)C(=O)NCCc1ccc(F)cc1.Cl. The number of amides is 1. The lowest BCUT2D eigenvalue weighted by Crippen LogP contribution is -2.48. The number of carbonyl (C=O) groups is 1. The molecule has 108 valence electrons. The van der Waals surface area contributed by atoms with Crippen LogP contribution in [0, 0.1) is 11.2 Å². The van der Waals surface area contributed by atoms with E-state index in [0.29, 0.717) is 13.0 Å². The zero-order valence-corrected chi connectivity index (χ0v) is 12.4. The number of nitrogens with two attached hydrogens (primary N) is 1. The fraction of sp³-hybridized carbons (Fsp3) is 0.500. The van der Waals surface area contributed by atoms with Crippen LogP contribution in [-0.2, 0) is 11.2 Å². The maximum Gasteiger partial charge on any atom is 0.237 e. The minimum absolute atomic E-state index is 0. The van der Waals surface area contributed by atoms with Gasteiger partial charge in [0.25, 0.3) is 0 Å². The molecule has 1 rings (SSSR count). The Kier molecular flexibility index (Phi) is 7.01. The summed E-state index contributed by atoms with van der Waals surface area (Å²) in [5.41, 5.74) is 6.57. The van der Waals surface area contributed by atoms with Gasteiger partial charge in [-0.1, -0.05) is 32.9 Å². The number of benzene rings is 1. The molecule has 3 N–H and O–H groups in total. The molecule has 0 aliphatic rings. The Morgan fingerprint density at radius 1 is 1.32 bits per heavy atom. The van der Waals surface area contributed by atoms with E-state index in [-0.39, 0.29) is 29.5 Å². The number of rotatable bonds is 4. The zero-order valence-electron chi connectivity index (χ0n) is 11.6. The predicted octanol–water partition coefficient (Wildman–Crippen LogP) is 2.28. The first-order valence-corrected chi connectivity index (χ1v) is 6.08. The van der Waals surface area contributed by atoms with Crippen LogP contribution in [0.25, 0.3) is 0 Å². The molecule has 1 amide bonds. The summed E-state index contributed by atoms with van der Waals surface area (Å²) < 4.78 is 12.7. The Balaban J connectivity index is 0.00000324. The molecular weight excluding hydrogens is 267 g/mol. The third kappa shape index (κ3) is 6.03. The second kappa shape index (κ2) is 7.46. The van der Waals surface area contributed by atoms with Crippen molar-refractivity contribution in [2.24, 2.45) is 11.1 Å². The molecule has 19 heavy (non-hydrogen) atoms. The second-order valence-electron chi connectivity index (χ2n) is 5.51. The molecule has 3 nitrogen and oxygen atoms in total. The molecule has 0 bridgehead atoms. The highest BCUT2D eigenvalue weighted by Crippen LogP contribution is 2.17. The molecule has 0 saturated heterocycles. The quantitative estimate of drug-likeness (QED) is 0.893. The third-order valence-corrected chi connectivity index (χ3v) is 2.84. The highest BCUT2D eigenvalue weighted by atomic mass is 35.5. The lowest BCUT2D eigenvalue weighted by molar-refractivity contribution is -0.124. The van der Waals surface area contributed by atoms with E-state index in [4.69, 9.17) is 5.73 Å². The monoisotopic (exact) mass is 288 g/mol. The van der Waals surface area contributed by atoms with Gasteiger partial charge in [-0.25, -0.2) is 4.39 Å². The molecule has 0 aliphatic carbocycles. The minimum Gasteiger partial charge on any atom is -0.354 e. The van der Waals surface area contributed by atoms with Crippen LogP contribution in [0.2, 0.25) is 0 Å². The van der Waals surface area contributed by atoms with Crippen molar-refractivity contribution in [2.45, 2.75) is 33.2 Å². The van der Waals surface area contributed by atoms with Crippen molar-refractivity contribution in [2.75, 3.05) is 6.54 Å². The summed E-state index contributed by atoms with van der Waals surface area (Å²) in [5, 5.41) is 2.79. The molecule has 0 radical (unpaired) electrons. The third-order valence-electron chi connectivity index (χ3n) is 2.84. The lowest BCUT2D eigenvalue weighted by atomic mass is 9.87. The fourth-order valence-electron chi connectivity index (χ4n) is 1.48. The first-order valence-electron chi connectivity index (χ1n) is 6.08. The van der Waals surface area contributed by atoms with Gasteiger partial charge in [0.15, 0.2) is 0 Å². The number of hydrogen-bond donors (Lipinski definition) is 2. The molecule has 0 aliphatic heterocycles. The van der Waals surface area contributed by atoms with Crippen LogP contribution in [0.1, 0.15) is 26.3 Å². The second-order valence-corrected chi connectivity index (χ2v) is 5.51. The Labute approximate surface area is 120 Å². The van der Waals surface area contributed by atoms with E-state index >= 15 is 0 Å². The average molecular weight is 289 g/mol. The number of halogens is 2. The lowest BCUT2D eigenvalue weighted by Gasteiger charge is -2.25. The van der Waals surface area contributed by atoms with Gasteiger partial charge in [0.05, 0.1) is 6.04 Å². The average Bonchev–Trinajstić information content (AvgIpc) is 2.29. The molecule has 1 aromatic carbocycles. The summed E-state index contributed by atoms with van der Waals surface area (Å²) in [4.78, 5) is 11.7. The van der Waals surface area contributed by atoms with Gasteiger partial charge in [-0.15, -0.1) is 12.4 Å². The van der Waals surface area contributed by atoms with Crippen molar-refractivity contribution >= 4 is 18.3 Å². The van der Waals surface area contributed by atoms with E-state index in [9.17, 15) is 9.18 Å². The smallest absolute Gasteiger partial charge is 0.237 e.